The Morgan fingerprint density at radius 2 is 2.04 bits per heavy atom. The molecule has 24 heavy (non-hydrogen) atoms. The highest BCUT2D eigenvalue weighted by Crippen LogP contribution is 2.37. The molecule has 1 aromatic carbocycles. The van der Waals surface area contributed by atoms with Crippen LogP contribution in [0.2, 0.25) is 5.02 Å². The van der Waals surface area contributed by atoms with Gasteiger partial charge in [0.1, 0.15) is 5.75 Å². The van der Waals surface area contributed by atoms with E-state index in [1.165, 1.54) is 19.3 Å². The topological polar surface area (TPSA) is 38.3 Å². The van der Waals surface area contributed by atoms with E-state index in [1.807, 2.05) is 0 Å². The molecule has 2 unspecified atom stereocenters. The van der Waals surface area contributed by atoms with Gasteiger partial charge >= 0.3 is 6.18 Å². The summed E-state index contributed by atoms with van der Waals surface area (Å²) in [5.41, 5.74) is 0.580. The molecule has 0 saturated heterocycles. The predicted molar refractivity (Wildman–Crippen MR) is 87.0 cm³/mol. The lowest BCUT2D eigenvalue weighted by Gasteiger charge is -2.33. The summed E-state index contributed by atoms with van der Waals surface area (Å²) in [5, 5.41) is 2.95. The zero-order valence-corrected chi connectivity index (χ0v) is 14.0. The van der Waals surface area contributed by atoms with Crippen molar-refractivity contribution in [3.63, 3.8) is 0 Å². The first-order chi connectivity index (χ1) is 11.3. The van der Waals surface area contributed by atoms with Gasteiger partial charge in [0.15, 0.2) is 0 Å². The summed E-state index contributed by atoms with van der Waals surface area (Å²) in [7, 11) is 1.48. The lowest BCUT2D eigenvalue weighted by molar-refractivity contribution is -0.188. The molecule has 1 amide bonds. The molecule has 2 atom stereocenters. The first-order valence-corrected chi connectivity index (χ1v) is 8.08. The molecule has 0 heterocycles. The molecule has 0 aromatic heterocycles. The number of alkyl halides is 3. The Morgan fingerprint density at radius 3 is 2.71 bits per heavy atom. The molecule has 3 nitrogen and oxygen atoms in total. The zero-order valence-electron chi connectivity index (χ0n) is 13.2. The summed E-state index contributed by atoms with van der Waals surface area (Å²) < 4.78 is 44.3. The second-order valence-electron chi connectivity index (χ2n) is 5.77. The number of carbonyl (C=O) groups excluding carboxylic acids is 1. The largest absolute Gasteiger partial charge is 0.496 e. The van der Waals surface area contributed by atoms with Gasteiger partial charge in [-0.3, -0.25) is 4.79 Å². The molecule has 1 N–H and O–H groups in total. The van der Waals surface area contributed by atoms with Crippen LogP contribution in [-0.2, 0) is 4.79 Å². The quantitative estimate of drug-likeness (QED) is 0.796. The molecule has 1 saturated carbocycles. The number of methoxy groups -OCH3 is 1. The van der Waals surface area contributed by atoms with Crippen molar-refractivity contribution in [1.82, 2.24) is 5.32 Å². The van der Waals surface area contributed by atoms with Gasteiger partial charge in [0, 0.05) is 22.7 Å². The standard InChI is InChI=1S/C17H19ClF3NO2/c1-24-15-8-7-12(18)10-11(15)6-9-16(23)22-14-5-3-2-4-13(14)17(19,20)21/h6-10,13-14H,2-5H2,1H3,(H,22,23)/b9-6+. The molecular formula is C17H19ClF3NO2. The summed E-state index contributed by atoms with van der Waals surface area (Å²) in [5.74, 6) is -1.52. The van der Waals surface area contributed by atoms with Crippen molar-refractivity contribution in [1.29, 1.82) is 0 Å². The van der Waals surface area contributed by atoms with Gasteiger partial charge in [-0.15, -0.1) is 0 Å². The normalized spacial score (nSPS) is 21.7. The highest BCUT2D eigenvalue weighted by atomic mass is 35.5. The summed E-state index contributed by atoms with van der Waals surface area (Å²) in [6.45, 7) is 0. The van der Waals surface area contributed by atoms with Gasteiger partial charge in [0.25, 0.3) is 0 Å². The number of nitrogens with one attached hydrogen (secondary N) is 1. The smallest absolute Gasteiger partial charge is 0.393 e. The fourth-order valence-corrected chi connectivity index (χ4v) is 3.11. The van der Waals surface area contributed by atoms with E-state index in [4.69, 9.17) is 16.3 Å². The summed E-state index contributed by atoms with van der Waals surface area (Å²) in [4.78, 5) is 12.0. The Labute approximate surface area is 143 Å². The Hall–Kier alpha value is -1.69. The predicted octanol–water partition coefficient (Wildman–Crippen LogP) is 4.60. The Kier molecular flexibility index (Phi) is 6.15. The fourth-order valence-electron chi connectivity index (χ4n) is 2.93. The van der Waals surface area contributed by atoms with Crippen molar-refractivity contribution in [3.05, 3.63) is 34.9 Å². The highest BCUT2D eigenvalue weighted by Gasteiger charge is 2.45. The maximum absolute atomic E-state index is 13.0. The van der Waals surface area contributed by atoms with Crippen molar-refractivity contribution >= 4 is 23.6 Å². The fraction of sp³-hybridized carbons (Fsp3) is 0.471. The van der Waals surface area contributed by atoms with Gasteiger partial charge in [0.05, 0.1) is 13.0 Å². The zero-order chi connectivity index (χ0) is 17.7. The van der Waals surface area contributed by atoms with Crippen LogP contribution in [-0.4, -0.2) is 25.2 Å². The van der Waals surface area contributed by atoms with E-state index in [9.17, 15) is 18.0 Å². The lowest BCUT2D eigenvalue weighted by atomic mass is 9.84. The molecule has 2 rings (SSSR count). The minimum atomic E-state index is -4.29. The summed E-state index contributed by atoms with van der Waals surface area (Å²) >= 11 is 5.90. The van der Waals surface area contributed by atoms with Crippen LogP contribution in [0.5, 0.6) is 5.75 Å². The van der Waals surface area contributed by atoms with E-state index in [2.05, 4.69) is 5.32 Å². The van der Waals surface area contributed by atoms with Crippen LogP contribution in [0.15, 0.2) is 24.3 Å². The average Bonchev–Trinajstić information content (AvgIpc) is 2.52. The van der Waals surface area contributed by atoms with E-state index >= 15 is 0 Å². The van der Waals surface area contributed by atoms with E-state index in [0.717, 1.165) is 0 Å². The average molecular weight is 362 g/mol. The highest BCUT2D eigenvalue weighted by molar-refractivity contribution is 6.30. The van der Waals surface area contributed by atoms with Crippen LogP contribution in [0, 0.1) is 5.92 Å². The molecule has 0 bridgehead atoms. The molecule has 1 fully saturated rings. The molecule has 0 radical (unpaired) electrons. The van der Waals surface area contributed by atoms with E-state index in [0.29, 0.717) is 35.6 Å². The third-order valence-corrected chi connectivity index (χ3v) is 4.36. The van der Waals surface area contributed by atoms with Gasteiger partial charge in [0.2, 0.25) is 5.91 Å². The molecule has 0 spiro atoms. The van der Waals surface area contributed by atoms with Crippen LogP contribution in [0.4, 0.5) is 13.2 Å². The summed E-state index contributed by atoms with van der Waals surface area (Å²) in [6.07, 6.45) is -0.0000757. The van der Waals surface area contributed by atoms with Crippen LogP contribution in [0.3, 0.4) is 0 Å². The minimum absolute atomic E-state index is 0.0558. The van der Waals surface area contributed by atoms with Crippen LogP contribution in [0.25, 0.3) is 6.08 Å². The van der Waals surface area contributed by atoms with E-state index in [-0.39, 0.29) is 6.42 Å². The second kappa shape index (κ2) is 7.92. The monoisotopic (exact) mass is 361 g/mol. The molecule has 1 aliphatic rings. The Bertz CT molecular complexity index is 616. The molecule has 0 aliphatic heterocycles. The molecule has 7 heteroatoms. The number of hydrogen-bond donors (Lipinski definition) is 1. The van der Waals surface area contributed by atoms with Crippen molar-refractivity contribution in [2.24, 2.45) is 5.92 Å². The van der Waals surface area contributed by atoms with Crippen molar-refractivity contribution in [2.45, 2.75) is 37.9 Å². The number of amides is 1. The number of benzene rings is 1. The number of rotatable bonds is 4. The van der Waals surface area contributed by atoms with Crippen molar-refractivity contribution in [3.8, 4) is 5.75 Å². The maximum Gasteiger partial charge on any atom is 0.393 e. The van der Waals surface area contributed by atoms with Crippen LogP contribution in [0.1, 0.15) is 31.2 Å². The SMILES string of the molecule is COc1ccc(Cl)cc1/C=C/C(=O)NC1CCCCC1C(F)(F)F. The van der Waals surface area contributed by atoms with E-state index in [1.54, 1.807) is 18.2 Å². The number of ether oxygens (including phenoxy) is 1. The van der Waals surface area contributed by atoms with Crippen molar-refractivity contribution < 1.29 is 22.7 Å². The first-order valence-electron chi connectivity index (χ1n) is 7.70. The molecule has 132 valence electrons. The van der Waals surface area contributed by atoms with Crippen LogP contribution >= 0.6 is 11.6 Å². The molecule has 1 aromatic rings. The third kappa shape index (κ3) is 4.90. The van der Waals surface area contributed by atoms with E-state index < -0.39 is 24.0 Å². The maximum atomic E-state index is 13.0. The Balaban J connectivity index is 2.06. The van der Waals surface area contributed by atoms with Crippen LogP contribution < -0.4 is 10.1 Å². The molecular weight excluding hydrogens is 343 g/mol. The third-order valence-electron chi connectivity index (χ3n) is 4.12. The number of halogens is 4. The minimum Gasteiger partial charge on any atom is -0.496 e. The van der Waals surface area contributed by atoms with Gasteiger partial charge in [-0.25, -0.2) is 0 Å². The van der Waals surface area contributed by atoms with Gasteiger partial charge in [-0.05, 0) is 37.1 Å². The Morgan fingerprint density at radius 1 is 1.33 bits per heavy atom. The van der Waals surface area contributed by atoms with Gasteiger partial charge in [-0.1, -0.05) is 24.4 Å². The first kappa shape index (κ1) is 18.6. The number of hydrogen-bond acceptors (Lipinski definition) is 2. The summed E-state index contributed by atoms with van der Waals surface area (Å²) in [6, 6.07) is 4.04. The second-order valence-corrected chi connectivity index (χ2v) is 6.20. The lowest BCUT2D eigenvalue weighted by Crippen LogP contribution is -2.47. The van der Waals surface area contributed by atoms with Gasteiger partial charge < -0.3 is 10.1 Å². The van der Waals surface area contributed by atoms with Gasteiger partial charge in [-0.2, -0.15) is 13.2 Å². The molecule has 1 aliphatic carbocycles. The van der Waals surface area contributed by atoms with Crippen molar-refractivity contribution in [2.75, 3.05) is 7.11 Å². The number of carbonyl (C=O) groups is 1.